The first-order chi connectivity index (χ1) is 8.64. The number of hydrogen-bond donors (Lipinski definition) is 2. The molecule has 4 heteroatoms. The minimum Gasteiger partial charge on any atom is -0.497 e. The molecule has 2 N–H and O–H groups in total. The minimum atomic E-state index is -1.15. The lowest BCUT2D eigenvalue weighted by Gasteiger charge is -2.20. The van der Waals surface area contributed by atoms with Crippen molar-refractivity contribution >= 4 is 5.91 Å². The zero-order chi connectivity index (χ0) is 13.0. The highest BCUT2D eigenvalue weighted by atomic mass is 16.5. The Hall–Kier alpha value is -1.55. The smallest absolute Gasteiger partial charge is 0.252 e. The zero-order valence-corrected chi connectivity index (χ0v) is 10.6. The molecule has 1 amide bonds. The number of carbonyl (C=O) groups excluding carboxylic acids is 1. The van der Waals surface area contributed by atoms with Crippen LogP contribution in [0.1, 0.15) is 31.2 Å². The van der Waals surface area contributed by atoms with E-state index >= 15 is 0 Å². The Labute approximate surface area is 107 Å². The number of nitrogens with one attached hydrogen (secondary N) is 1. The first-order valence-corrected chi connectivity index (χ1v) is 6.28. The summed E-state index contributed by atoms with van der Waals surface area (Å²) in [4.78, 5) is 11.9. The number of rotatable bonds is 4. The standard InChI is InChI=1S/C14H19NO3/c1-18-12-6-4-5-11(9-12)10-15-13(16)14(17)7-2-3-8-14/h4-6,9,17H,2-3,7-8,10H2,1H3,(H,15,16). The number of hydrogen-bond acceptors (Lipinski definition) is 3. The molecule has 1 aromatic rings. The number of methoxy groups -OCH3 is 1. The quantitative estimate of drug-likeness (QED) is 0.852. The highest BCUT2D eigenvalue weighted by molar-refractivity contribution is 5.85. The van der Waals surface area contributed by atoms with Crippen LogP contribution in [0.2, 0.25) is 0 Å². The molecule has 1 aliphatic rings. The summed E-state index contributed by atoms with van der Waals surface area (Å²) in [5.41, 5.74) is -0.192. The van der Waals surface area contributed by atoms with Crippen LogP contribution in [0.4, 0.5) is 0 Å². The lowest BCUT2D eigenvalue weighted by Crippen LogP contribution is -2.44. The van der Waals surface area contributed by atoms with Crippen LogP contribution >= 0.6 is 0 Å². The molecule has 18 heavy (non-hydrogen) atoms. The van der Waals surface area contributed by atoms with Gasteiger partial charge in [0.1, 0.15) is 11.4 Å². The maximum atomic E-state index is 11.9. The van der Waals surface area contributed by atoms with Gasteiger partial charge in [0.25, 0.3) is 5.91 Å². The van der Waals surface area contributed by atoms with Gasteiger partial charge in [-0.1, -0.05) is 12.1 Å². The van der Waals surface area contributed by atoms with Crippen molar-refractivity contribution in [3.05, 3.63) is 29.8 Å². The molecule has 0 bridgehead atoms. The van der Waals surface area contributed by atoms with Crippen LogP contribution in [0.3, 0.4) is 0 Å². The van der Waals surface area contributed by atoms with E-state index in [1.165, 1.54) is 0 Å². The molecule has 0 saturated heterocycles. The van der Waals surface area contributed by atoms with E-state index in [0.29, 0.717) is 19.4 Å². The predicted molar refractivity (Wildman–Crippen MR) is 68.3 cm³/mol. The lowest BCUT2D eigenvalue weighted by molar-refractivity contribution is -0.139. The van der Waals surface area contributed by atoms with Crippen LogP contribution in [0.25, 0.3) is 0 Å². The summed E-state index contributed by atoms with van der Waals surface area (Å²) in [5, 5.41) is 12.9. The summed E-state index contributed by atoms with van der Waals surface area (Å²) in [7, 11) is 1.61. The maximum Gasteiger partial charge on any atom is 0.252 e. The number of aliphatic hydroxyl groups is 1. The van der Waals surface area contributed by atoms with Crippen molar-refractivity contribution in [2.24, 2.45) is 0 Å². The molecule has 1 aromatic carbocycles. The van der Waals surface area contributed by atoms with Crippen LogP contribution in [0.5, 0.6) is 5.75 Å². The van der Waals surface area contributed by atoms with Crippen molar-refractivity contribution in [3.8, 4) is 5.75 Å². The summed E-state index contributed by atoms with van der Waals surface area (Å²) >= 11 is 0. The summed E-state index contributed by atoms with van der Waals surface area (Å²) in [5.74, 6) is 0.504. The summed E-state index contributed by atoms with van der Waals surface area (Å²) in [6.07, 6.45) is 2.97. The zero-order valence-electron chi connectivity index (χ0n) is 10.6. The SMILES string of the molecule is COc1cccc(CNC(=O)C2(O)CCCC2)c1. The Kier molecular flexibility index (Phi) is 3.87. The van der Waals surface area contributed by atoms with Gasteiger partial charge in [-0.05, 0) is 43.4 Å². The van der Waals surface area contributed by atoms with Crippen LogP contribution in [0, 0.1) is 0 Å². The first-order valence-electron chi connectivity index (χ1n) is 6.28. The molecule has 2 rings (SSSR count). The largest absolute Gasteiger partial charge is 0.497 e. The van der Waals surface area contributed by atoms with E-state index in [0.717, 1.165) is 24.2 Å². The Bertz CT molecular complexity index is 425. The summed E-state index contributed by atoms with van der Waals surface area (Å²) < 4.78 is 5.12. The van der Waals surface area contributed by atoms with Gasteiger partial charge >= 0.3 is 0 Å². The third kappa shape index (κ3) is 2.82. The van der Waals surface area contributed by atoms with Crippen LogP contribution < -0.4 is 10.1 Å². The molecule has 0 heterocycles. The molecule has 98 valence electrons. The van der Waals surface area contributed by atoms with Crippen molar-refractivity contribution in [2.45, 2.75) is 37.8 Å². The molecule has 0 unspecified atom stereocenters. The van der Waals surface area contributed by atoms with Gasteiger partial charge in [0.2, 0.25) is 0 Å². The van der Waals surface area contributed by atoms with Crippen LogP contribution in [-0.2, 0) is 11.3 Å². The van der Waals surface area contributed by atoms with Crippen LogP contribution in [0.15, 0.2) is 24.3 Å². The van der Waals surface area contributed by atoms with Gasteiger partial charge in [-0.2, -0.15) is 0 Å². The van der Waals surface area contributed by atoms with Crippen molar-refractivity contribution in [1.29, 1.82) is 0 Å². The number of amides is 1. The normalized spacial score (nSPS) is 17.4. The Morgan fingerprint density at radius 1 is 1.44 bits per heavy atom. The van der Waals surface area contributed by atoms with Crippen molar-refractivity contribution in [1.82, 2.24) is 5.32 Å². The van der Waals surface area contributed by atoms with E-state index in [9.17, 15) is 9.90 Å². The number of carbonyl (C=O) groups is 1. The van der Waals surface area contributed by atoms with E-state index in [1.54, 1.807) is 7.11 Å². The highest BCUT2D eigenvalue weighted by Gasteiger charge is 2.38. The van der Waals surface area contributed by atoms with E-state index in [-0.39, 0.29) is 5.91 Å². The van der Waals surface area contributed by atoms with E-state index in [2.05, 4.69) is 5.32 Å². The molecule has 1 saturated carbocycles. The number of ether oxygens (including phenoxy) is 1. The van der Waals surface area contributed by atoms with Gasteiger partial charge in [0, 0.05) is 6.54 Å². The highest BCUT2D eigenvalue weighted by Crippen LogP contribution is 2.29. The van der Waals surface area contributed by atoms with Gasteiger partial charge < -0.3 is 15.2 Å². The maximum absolute atomic E-state index is 11.9. The Morgan fingerprint density at radius 3 is 2.83 bits per heavy atom. The van der Waals surface area contributed by atoms with Crippen LogP contribution in [-0.4, -0.2) is 23.7 Å². The monoisotopic (exact) mass is 249 g/mol. The topological polar surface area (TPSA) is 58.6 Å². The molecule has 0 spiro atoms. The average Bonchev–Trinajstić information content (AvgIpc) is 2.84. The van der Waals surface area contributed by atoms with Gasteiger partial charge in [-0.15, -0.1) is 0 Å². The van der Waals surface area contributed by atoms with Gasteiger partial charge in [0.15, 0.2) is 0 Å². The van der Waals surface area contributed by atoms with E-state index in [4.69, 9.17) is 4.74 Å². The fraction of sp³-hybridized carbons (Fsp3) is 0.500. The second-order valence-electron chi connectivity index (χ2n) is 4.77. The Balaban J connectivity index is 1.92. The second kappa shape index (κ2) is 5.40. The molecule has 1 fully saturated rings. The second-order valence-corrected chi connectivity index (χ2v) is 4.77. The Morgan fingerprint density at radius 2 is 2.17 bits per heavy atom. The van der Waals surface area contributed by atoms with Gasteiger partial charge in [-0.25, -0.2) is 0 Å². The summed E-state index contributed by atoms with van der Waals surface area (Å²) in [6, 6.07) is 7.53. The average molecular weight is 249 g/mol. The minimum absolute atomic E-state index is 0.261. The lowest BCUT2D eigenvalue weighted by atomic mass is 10.0. The fourth-order valence-corrected chi connectivity index (χ4v) is 2.32. The molecular weight excluding hydrogens is 230 g/mol. The predicted octanol–water partition coefficient (Wildman–Crippen LogP) is 1.62. The molecule has 0 aromatic heterocycles. The molecule has 4 nitrogen and oxygen atoms in total. The molecule has 1 aliphatic carbocycles. The molecular formula is C14H19NO3. The van der Waals surface area contributed by atoms with Crippen molar-refractivity contribution in [2.75, 3.05) is 7.11 Å². The van der Waals surface area contributed by atoms with E-state index < -0.39 is 5.60 Å². The van der Waals surface area contributed by atoms with Crippen molar-refractivity contribution < 1.29 is 14.6 Å². The number of benzene rings is 1. The van der Waals surface area contributed by atoms with Crippen molar-refractivity contribution in [3.63, 3.8) is 0 Å². The molecule has 0 aliphatic heterocycles. The first kappa shape index (κ1) is 12.9. The van der Waals surface area contributed by atoms with Gasteiger partial charge in [0.05, 0.1) is 7.11 Å². The van der Waals surface area contributed by atoms with Gasteiger partial charge in [-0.3, -0.25) is 4.79 Å². The fourth-order valence-electron chi connectivity index (χ4n) is 2.32. The third-order valence-electron chi connectivity index (χ3n) is 3.44. The molecule has 0 radical (unpaired) electrons. The van der Waals surface area contributed by atoms with E-state index in [1.807, 2.05) is 24.3 Å². The summed E-state index contributed by atoms with van der Waals surface area (Å²) in [6.45, 7) is 0.415. The third-order valence-corrected chi connectivity index (χ3v) is 3.44. The molecule has 0 atom stereocenters.